The number of hydrogen-bond donors (Lipinski definition) is 0. The lowest BCUT2D eigenvalue weighted by molar-refractivity contribution is 0.0599. The number of esters is 1. The first-order valence-corrected chi connectivity index (χ1v) is 4.88. The predicted octanol–water partition coefficient (Wildman–Crippen LogP) is 1.48. The predicted molar refractivity (Wildman–Crippen MR) is 60.5 cm³/mol. The number of aryl methyl sites for hydroxylation is 1. The van der Waals surface area contributed by atoms with Crippen LogP contribution in [0.1, 0.15) is 26.3 Å². The zero-order chi connectivity index (χ0) is 12.3. The molecule has 0 aliphatic carbocycles. The fourth-order valence-electron chi connectivity index (χ4n) is 1.39. The summed E-state index contributed by atoms with van der Waals surface area (Å²) in [5, 5.41) is 0. The maximum atomic E-state index is 11.7. The van der Waals surface area contributed by atoms with Crippen LogP contribution in [0.4, 0.5) is 0 Å². The summed E-state index contributed by atoms with van der Waals surface area (Å²) in [7, 11) is 4.71. The second-order valence-corrected chi connectivity index (χ2v) is 3.72. The standard InChI is InChI=1S/C12H15NO3/c1-8-7-9(11(14)13(2)3)5-6-10(8)12(15)16-4/h5-7H,1-4H3. The van der Waals surface area contributed by atoms with Gasteiger partial charge in [0, 0.05) is 19.7 Å². The molecule has 0 saturated heterocycles. The Morgan fingerprint density at radius 1 is 1.25 bits per heavy atom. The highest BCUT2D eigenvalue weighted by atomic mass is 16.5. The molecule has 0 spiro atoms. The molecule has 0 N–H and O–H groups in total. The van der Waals surface area contributed by atoms with Crippen molar-refractivity contribution in [3.05, 3.63) is 34.9 Å². The number of hydrogen-bond acceptors (Lipinski definition) is 3. The highest BCUT2D eigenvalue weighted by Gasteiger charge is 2.13. The van der Waals surface area contributed by atoms with E-state index in [9.17, 15) is 9.59 Å². The largest absolute Gasteiger partial charge is 0.465 e. The van der Waals surface area contributed by atoms with E-state index in [4.69, 9.17) is 0 Å². The average Bonchev–Trinajstić information content (AvgIpc) is 2.26. The van der Waals surface area contributed by atoms with E-state index in [1.54, 1.807) is 39.2 Å². The van der Waals surface area contributed by atoms with Crippen LogP contribution >= 0.6 is 0 Å². The summed E-state index contributed by atoms with van der Waals surface area (Å²) in [6.45, 7) is 1.78. The second kappa shape index (κ2) is 4.79. The summed E-state index contributed by atoms with van der Waals surface area (Å²) < 4.78 is 4.63. The summed E-state index contributed by atoms with van der Waals surface area (Å²) in [5.41, 5.74) is 1.78. The van der Waals surface area contributed by atoms with Gasteiger partial charge in [0.05, 0.1) is 12.7 Å². The summed E-state index contributed by atoms with van der Waals surface area (Å²) >= 11 is 0. The van der Waals surface area contributed by atoms with Gasteiger partial charge in [0.1, 0.15) is 0 Å². The zero-order valence-electron chi connectivity index (χ0n) is 9.90. The minimum atomic E-state index is -0.388. The number of methoxy groups -OCH3 is 1. The van der Waals surface area contributed by atoms with E-state index >= 15 is 0 Å². The number of ether oxygens (including phenoxy) is 1. The van der Waals surface area contributed by atoms with Crippen molar-refractivity contribution in [3.8, 4) is 0 Å². The fourth-order valence-corrected chi connectivity index (χ4v) is 1.39. The van der Waals surface area contributed by atoms with E-state index in [0.29, 0.717) is 11.1 Å². The van der Waals surface area contributed by atoms with Gasteiger partial charge in [-0.1, -0.05) is 0 Å². The summed E-state index contributed by atoms with van der Waals surface area (Å²) in [6.07, 6.45) is 0. The second-order valence-electron chi connectivity index (χ2n) is 3.72. The molecule has 0 radical (unpaired) electrons. The maximum absolute atomic E-state index is 11.7. The van der Waals surface area contributed by atoms with E-state index in [-0.39, 0.29) is 11.9 Å². The third-order valence-corrected chi connectivity index (χ3v) is 2.28. The summed E-state index contributed by atoms with van der Waals surface area (Å²) in [4.78, 5) is 24.5. The molecular formula is C12H15NO3. The summed E-state index contributed by atoms with van der Waals surface area (Å²) in [6, 6.07) is 4.92. The van der Waals surface area contributed by atoms with Crippen molar-refractivity contribution in [2.75, 3.05) is 21.2 Å². The third-order valence-electron chi connectivity index (χ3n) is 2.28. The molecule has 1 aromatic rings. The van der Waals surface area contributed by atoms with Crippen molar-refractivity contribution in [2.45, 2.75) is 6.92 Å². The van der Waals surface area contributed by atoms with Crippen molar-refractivity contribution in [1.29, 1.82) is 0 Å². The molecule has 4 nitrogen and oxygen atoms in total. The van der Waals surface area contributed by atoms with E-state index in [0.717, 1.165) is 5.56 Å². The van der Waals surface area contributed by atoms with Crippen molar-refractivity contribution in [2.24, 2.45) is 0 Å². The van der Waals surface area contributed by atoms with Gasteiger partial charge < -0.3 is 9.64 Å². The fraction of sp³-hybridized carbons (Fsp3) is 0.333. The Morgan fingerprint density at radius 3 is 2.31 bits per heavy atom. The smallest absolute Gasteiger partial charge is 0.338 e. The lowest BCUT2D eigenvalue weighted by atomic mass is 10.0. The lowest BCUT2D eigenvalue weighted by Gasteiger charge is -2.11. The molecule has 0 fully saturated rings. The molecule has 0 aliphatic heterocycles. The number of carbonyl (C=O) groups is 2. The van der Waals surface area contributed by atoms with Gasteiger partial charge in [0.25, 0.3) is 5.91 Å². The van der Waals surface area contributed by atoms with E-state index in [2.05, 4.69) is 4.74 Å². The molecule has 1 rings (SSSR count). The normalized spacial score (nSPS) is 9.75. The first kappa shape index (κ1) is 12.2. The van der Waals surface area contributed by atoms with E-state index < -0.39 is 0 Å². The van der Waals surface area contributed by atoms with Crippen LogP contribution in [0.5, 0.6) is 0 Å². The molecule has 4 heteroatoms. The Morgan fingerprint density at radius 2 is 1.88 bits per heavy atom. The molecule has 1 amide bonds. The number of rotatable bonds is 2. The van der Waals surface area contributed by atoms with Crippen molar-refractivity contribution in [3.63, 3.8) is 0 Å². The highest BCUT2D eigenvalue weighted by Crippen LogP contribution is 2.13. The zero-order valence-corrected chi connectivity index (χ0v) is 9.90. The molecular weight excluding hydrogens is 206 g/mol. The van der Waals surface area contributed by atoms with Crippen LogP contribution in [0.3, 0.4) is 0 Å². The van der Waals surface area contributed by atoms with Crippen LogP contribution in [0.2, 0.25) is 0 Å². The van der Waals surface area contributed by atoms with Crippen LogP contribution in [0.15, 0.2) is 18.2 Å². The molecule has 86 valence electrons. The molecule has 0 aromatic heterocycles. The monoisotopic (exact) mass is 221 g/mol. The van der Waals surface area contributed by atoms with Gasteiger partial charge in [-0.2, -0.15) is 0 Å². The molecule has 0 aliphatic rings. The topological polar surface area (TPSA) is 46.6 Å². The molecule has 0 atom stereocenters. The van der Waals surface area contributed by atoms with Crippen molar-refractivity contribution < 1.29 is 14.3 Å². The van der Waals surface area contributed by atoms with Crippen LogP contribution in [0, 0.1) is 6.92 Å². The number of nitrogens with zero attached hydrogens (tertiary/aromatic N) is 1. The van der Waals surface area contributed by atoms with Gasteiger partial charge >= 0.3 is 5.97 Å². The Kier molecular flexibility index (Phi) is 3.66. The Hall–Kier alpha value is -1.84. The van der Waals surface area contributed by atoms with Crippen LogP contribution in [-0.4, -0.2) is 38.0 Å². The van der Waals surface area contributed by atoms with Gasteiger partial charge in [-0.3, -0.25) is 4.79 Å². The third kappa shape index (κ3) is 2.39. The minimum Gasteiger partial charge on any atom is -0.465 e. The number of benzene rings is 1. The van der Waals surface area contributed by atoms with Gasteiger partial charge in [-0.25, -0.2) is 4.79 Å². The SMILES string of the molecule is COC(=O)c1ccc(C(=O)N(C)C)cc1C. The quantitative estimate of drug-likeness (QED) is 0.711. The molecule has 0 heterocycles. The van der Waals surface area contributed by atoms with Crippen molar-refractivity contribution in [1.82, 2.24) is 4.90 Å². The van der Waals surface area contributed by atoms with Crippen molar-refractivity contribution >= 4 is 11.9 Å². The molecule has 0 unspecified atom stereocenters. The molecule has 0 saturated carbocycles. The first-order chi connectivity index (χ1) is 7.47. The van der Waals surface area contributed by atoms with Crippen LogP contribution in [0.25, 0.3) is 0 Å². The van der Waals surface area contributed by atoms with Crippen LogP contribution < -0.4 is 0 Å². The highest BCUT2D eigenvalue weighted by molar-refractivity contribution is 5.96. The maximum Gasteiger partial charge on any atom is 0.338 e. The van der Waals surface area contributed by atoms with E-state index in [1.807, 2.05) is 0 Å². The minimum absolute atomic E-state index is 0.0838. The van der Waals surface area contributed by atoms with Gasteiger partial charge in [0.2, 0.25) is 0 Å². The van der Waals surface area contributed by atoms with Gasteiger partial charge in [0.15, 0.2) is 0 Å². The molecule has 0 bridgehead atoms. The van der Waals surface area contributed by atoms with Crippen LogP contribution in [-0.2, 0) is 4.74 Å². The molecule has 1 aromatic carbocycles. The summed E-state index contributed by atoms with van der Waals surface area (Å²) in [5.74, 6) is -0.471. The Bertz CT molecular complexity index is 424. The van der Waals surface area contributed by atoms with Gasteiger partial charge in [-0.15, -0.1) is 0 Å². The number of amides is 1. The average molecular weight is 221 g/mol. The Labute approximate surface area is 94.8 Å². The Balaban J connectivity index is 3.09. The number of carbonyl (C=O) groups excluding carboxylic acids is 2. The van der Waals surface area contributed by atoms with E-state index in [1.165, 1.54) is 12.0 Å². The first-order valence-electron chi connectivity index (χ1n) is 4.88. The van der Waals surface area contributed by atoms with Gasteiger partial charge in [-0.05, 0) is 30.7 Å². The lowest BCUT2D eigenvalue weighted by Crippen LogP contribution is -2.22. The molecule has 16 heavy (non-hydrogen) atoms.